The lowest BCUT2D eigenvalue weighted by atomic mass is 9.81. The molecule has 0 aliphatic heterocycles. The van der Waals surface area contributed by atoms with Gasteiger partial charge in [-0.3, -0.25) is 4.79 Å². The van der Waals surface area contributed by atoms with Crippen LogP contribution in [0, 0.1) is 35.2 Å². The van der Waals surface area contributed by atoms with Crippen molar-refractivity contribution in [2.75, 3.05) is 11.9 Å². The van der Waals surface area contributed by atoms with Gasteiger partial charge in [-0.2, -0.15) is 0 Å². The van der Waals surface area contributed by atoms with Gasteiger partial charge in [0.05, 0.1) is 21.8 Å². The zero-order valence-electron chi connectivity index (χ0n) is 18.3. The van der Waals surface area contributed by atoms with Crippen molar-refractivity contribution in [3.63, 3.8) is 0 Å². The Morgan fingerprint density at radius 3 is 2.23 bits per heavy atom. The number of carbonyl (C=O) groups excluding carboxylic acids is 2. The Hall–Kier alpha value is -2.79. The number of nitrogens with one attached hydrogen (secondary N) is 1. The molecule has 2 amide bonds. The van der Waals surface area contributed by atoms with Crippen molar-refractivity contribution in [1.29, 1.82) is 0 Å². The Balaban J connectivity index is 1.56. The molecule has 2 aliphatic rings. The summed E-state index contributed by atoms with van der Waals surface area (Å²) in [6.07, 6.45) is 1.61. The number of amides is 2. The first kappa shape index (κ1) is 25.3. The van der Waals surface area contributed by atoms with Gasteiger partial charge in [-0.1, -0.05) is 11.6 Å². The van der Waals surface area contributed by atoms with Crippen LogP contribution in [0.2, 0.25) is 5.02 Å². The van der Waals surface area contributed by atoms with E-state index in [4.69, 9.17) is 22.1 Å². The van der Waals surface area contributed by atoms with Crippen LogP contribution >= 0.6 is 11.6 Å². The van der Waals surface area contributed by atoms with Crippen molar-refractivity contribution >= 4 is 39.1 Å². The Kier molecular flexibility index (Phi) is 7.01. The van der Waals surface area contributed by atoms with Crippen LogP contribution in [0.4, 0.5) is 23.7 Å². The van der Waals surface area contributed by atoms with Gasteiger partial charge in [0, 0.05) is 23.4 Å². The standard InChI is InChI=1S/C23H22ClF3N2O5S/c24-16-4-3-14(22(30)29-15-8-17(25)20(27)18(26)9-15)7-19(16)35(32,33)21-12-1-2-13(21)6-11(5-12)10-34-23(28)31/h3-4,7-9,11-13,21H,1-2,5-6,10H2,(H2,28,31)(H,29,30)/t11-,12-,13?,21?/m0/s1. The van der Waals surface area contributed by atoms with E-state index in [1.807, 2.05) is 0 Å². The van der Waals surface area contributed by atoms with E-state index < -0.39 is 44.5 Å². The third-order valence-electron chi connectivity index (χ3n) is 6.67. The Morgan fingerprint density at radius 2 is 1.66 bits per heavy atom. The summed E-state index contributed by atoms with van der Waals surface area (Å²) in [6, 6.07) is 4.90. The largest absolute Gasteiger partial charge is 0.449 e. The number of primary amides is 1. The topological polar surface area (TPSA) is 116 Å². The zero-order valence-corrected chi connectivity index (χ0v) is 19.8. The van der Waals surface area contributed by atoms with E-state index in [9.17, 15) is 31.2 Å². The van der Waals surface area contributed by atoms with Crippen LogP contribution in [-0.2, 0) is 14.6 Å². The summed E-state index contributed by atoms with van der Waals surface area (Å²) in [7, 11) is -3.95. The summed E-state index contributed by atoms with van der Waals surface area (Å²) in [5.41, 5.74) is 4.60. The van der Waals surface area contributed by atoms with E-state index in [0.29, 0.717) is 37.8 Å². The van der Waals surface area contributed by atoms with Crippen molar-refractivity contribution in [2.45, 2.75) is 35.8 Å². The van der Waals surface area contributed by atoms with Crippen LogP contribution in [0.1, 0.15) is 36.0 Å². The third-order valence-corrected chi connectivity index (χ3v) is 9.55. The maximum atomic E-state index is 13.6. The van der Waals surface area contributed by atoms with Crippen LogP contribution in [0.15, 0.2) is 35.2 Å². The molecule has 2 unspecified atom stereocenters. The lowest BCUT2D eigenvalue weighted by Crippen LogP contribution is -2.39. The molecule has 0 heterocycles. The van der Waals surface area contributed by atoms with Crippen LogP contribution < -0.4 is 11.1 Å². The molecule has 2 bridgehead atoms. The van der Waals surface area contributed by atoms with Gasteiger partial charge < -0.3 is 15.8 Å². The van der Waals surface area contributed by atoms with Crippen molar-refractivity contribution in [1.82, 2.24) is 0 Å². The Bertz CT molecular complexity index is 1250. The summed E-state index contributed by atoms with van der Waals surface area (Å²) in [5, 5.41) is 1.47. The molecule has 35 heavy (non-hydrogen) atoms. The van der Waals surface area contributed by atoms with Crippen LogP contribution in [0.25, 0.3) is 0 Å². The number of rotatable bonds is 6. The van der Waals surface area contributed by atoms with Gasteiger partial charge in [0.1, 0.15) is 0 Å². The zero-order chi connectivity index (χ0) is 25.5. The van der Waals surface area contributed by atoms with E-state index in [0.717, 1.165) is 6.07 Å². The van der Waals surface area contributed by atoms with Crippen LogP contribution in [-0.4, -0.2) is 32.3 Å². The van der Waals surface area contributed by atoms with Gasteiger partial charge in [0.15, 0.2) is 27.3 Å². The first-order chi connectivity index (χ1) is 16.5. The molecule has 12 heteroatoms. The quantitative estimate of drug-likeness (QED) is 0.526. The smallest absolute Gasteiger partial charge is 0.404 e. The summed E-state index contributed by atoms with van der Waals surface area (Å²) in [4.78, 5) is 23.4. The van der Waals surface area contributed by atoms with Gasteiger partial charge >= 0.3 is 6.09 Å². The predicted molar refractivity (Wildman–Crippen MR) is 121 cm³/mol. The molecule has 4 rings (SSSR count). The fourth-order valence-electron chi connectivity index (χ4n) is 5.28. The highest BCUT2D eigenvalue weighted by Gasteiger charge is 2.50. The van der Waals surface area contributed by atoms with Crippen LogP contribution in [0.5, 0.6) is 0 Å². The molecule has 0 saturated heterocycles. The second kappa shape index (κ2) is 9.69. The van der Waals surface area contributed by atoms with Crippen molar-refractivity contribution in [2.24, 2.45) is 23.5 Å². The van der Waals surface area contributed by atoms with Crippen LogP contribution in [0.3, 0.4) is 0 Å². The molecule has 3 N–H and O–H groups in total. The molecule has 2 aromatic rings. The van der Waals surface area contributed by atoms with Gasteiger partial charge in [-0.05, 0) is 61.6 Å². The average Bonchev–Trinajstić information content (AvgIpc) is 3.07. The SMILES string of the molecule is NC(=O)OC[C@@H]1CC2CC[C@@H](C1)C2S(=O)(=O)c1cc(C(=O)Nc2cc(F)c(F)c(F)c2)ccc1Cl. The monoisotopic (exact) mass is 530 g/mol. The normalized spacial score (nSPS) is 23.7. The number of fused-ring (bicyclic) bond motifs is 2. The highest BCUT2D eigenvalue weighted by molar-refractivity contribution is 7.92. The average molecular weight is 531 g/mol. The molecule has 2 fully saturated rings. The molecule has 2 aromatic carbocycles. The first-order valence-corrected chi connectivity index (χ1v) is 12.8. The number of ether oxygens (including phenoxy) is 1. The predicted octanol–water partition coefficient (Wildman–Crippen LogP) is 4.68. The number of sulfone groups is 1. The maximum absolute atomic E-state index is 13.6. The maximum Gasteiger partial charge on any atom is 0.404 e. The third kappa shape index (κ3) is 5.11. The second-order valence-electron chi connectivity index (χ2n) is 8.93. The number of anilines is 1. The molecular weight excluding hydrogens is 509 g/mol. The van der Waals surface area contributed by atoms with E-state index in [-0.39, 0.29) is 45.5 Å². The number of benzene rings is 2. The molecule has 2 saturated carbocycles. The van der Waals surface area contributed by atoms with E-state index >= 15 is 0 Å². The highest BCUT2D eigenvalue weighted by atomic mass is 35.5. The molecule has 4 atom stereocenters. The Morgan fingerprint density at radius 1 is 1.06 bits per heavy atom. The summed E-state index contributed by atoms with van der Waals surface area (Å²) in [5.74, 6) is -5.81. The second-order valence-corrected chi connectivity index (χ2v) is 11.4. The fraction of sp³-hybridized carbons (Fsp3) is 0.391. The number of halogens is 4. The fourth-order valence-corrected chi connectivity index (χ4v) is 8.15. The van der Waals surface area contributed by atoms with Gasteiger partial charge in [0.25, 0.3) is 5.91 Å². The van der Waals surface area contributed by atoms with E-state index in [1.54, 1.807) is 0 Å². The number of nitrogens with two attached hydrogens (primary N) is 1. The minimum atomic E-state index is -3.95. The van der Waals surface area contributed by atoms with E-state index in [1.165, 1.54) is 12.1 Å². The molecule has 188 valence electrons. The number of hydrogen-bond acceptors (Lipinski definition) is 5. The van der Waals surface area contributed by atoms with Gasteiger partial charge in [-0.25, -0.2) is 26.4 Å². The minimum Gasteiger partial charge on any atom is -0.449 e. The van der Waals surface area contributed by atoms with Crippen molar-refractivity contribution < 1.29 is 35.9 Å². The Labute approximate surface area is 204 Å². The summed E-state index contributed by atoms with van der Waals surface area (Å²) < 4.78 is 72.3. The molecule has 2 aliphatic carbocycles. The molecular formula is C23H22ClF3N2O5S. The minimum absolute atomic E-state index is 0.00975. The summed E-state index contributed by atoms with van der Waals surface area (Å²) >= 11 is 6.23. The highest BCUT2D eigenvalue weighted by Crippen LogP contribution is 2.50. The van der Waals surface area contributed by atoms with Gasteiger partial charge in [0.2, 0.25) is 0 Å². The lowest BCUT2D eigenvalue weighted by Gasteiger charge is -2.34. The molecule has 0 spiro atoms. The summed E-state index contributed by atoms with van der Waals surface area (Å²) in [6.45, 7) is 0.135. The number of carbonyl (C=O) groups is 2. The van der Waals surface area contributed by atoms with Crippen molar-refractivity contribution in [3.05, 3.63) is 58.4 Å². The number of hydrogen-bond donors (Lipinski definition) is 2. The first-order valence-electron chi connectivity index (χ1n) is 10.9. The molecule has 0 aromatic heterocycles. The molecule has 0 radical (unpaired) electrons. The van der Waals surface area contributed by atoms with Crippen molar-refractivity contribution in [3.8, 4) is 0 Å². The molecule has 7 nitrogen and oxygen atoms in total. The van der Waals surface area contributed by atoms with E-state index in [2.05, 4.69) is 5.32 Å². The van der Waals surface area contributed by atoms with Gasteiger partial charge in [-0.15, -0.1) is 0 Å². The lowest BCUT2D eigenvalue weighted by molar-refractivity contribution is 0.102.